The third kappa shape index (κ3) is 4.18. The molecular weight excluding hydrogens is 360 g/mol. The number of thiophene rings is 1. The highest BCUT2D eigenvalue weighted by Gasteiger charge is 2.19. The molecule has 140 valence electrons. The van der Waals surface area contributed by atoms with Gasteiger partial charge in [-0.15, -0.1) is 11.3 Å². The lowest BCUT2D eigenvalue weighted by molar-refractivity contribution is 0.0600. The number of benzene rings is 2. The second-order valence-corrected chi connectivity index (χ2v) is 7.36. The molecule has 2 aromatic carbocycles. The Bertz CT molecular complexity index is 947. The molecule has 1 heterocycles. The Morgan fingerprint density at radius 3 is 2.41 bits per heavy atom. The van der Waals surface area contributed by atoms with Gasteiger partial charge < -0.3 is 15.0 Å². The van der Waals surface area contributed by atoms with Crippen LogP contribution in [0.5, 0.6) is 0 Å². The van der Waals surface area contributed by atoms with Gasteiger partial charge in [0.2, 0.25) is 0 Å². The standard InChI is InChI=1S/C21H22N2O3S/c1-23(2)18(17-13-27-19-7-5-4-6-16(17)19)12-22-20(24)14-8-10-15(11-9-14)21(25)26-3/h4-11,13,18H,12H2,1-3H3,(H,22,24)/t18-/m0/s1. The molecule has 3 aromatic rings. The van der Waals surface area contributed by atoms with E-state index in [1.807, 2.05) is 26.2 Å². The number of hydrogen-bond acceptors (Lipinski definition) is 5. The summed E-state index contributed by atoms with van der Waals surface area (Å²) in [6, 6.07) is 14.8. The number of fused-ring (bicyclic) bond motifs is 1. The predicted molar refractivity (Wildman–Crippen MR) is 108 cm³/mol. The van der Waals surface area contributed by atoms with Crippen molar-refractivity contribution >= 4 is 33.3 Å². The molecule has 0 saturated carbocycles. The van der Waals surface area contributed by atoms with Crippen molar-refractivity contribution in [2.45, 2.75) is 6.04 Å². The summed E-state index contributed by atoms with van der Waals surface area (Å²) in [7, 11) is 5.35. The molecule has 1 amide bonds. The number of ether oxygens (including phenoxy) is 1. The van der Waals surface area contributed by atoms with E-state index in [1.54, 1.807) is 35.6 Å². The second kappa shape index (κ2) is 8.33. The monoisotopic (exact) mass is 382 g/mol. The van der Waals surface area contributed by atoms with Crippen LogP contribution >= 0.6 is 11.3 Å². The first-order chi connectivity index (χ1) is 13.0. The summed E-state index contributed by atoms with van der Waals surface area (Å²) in [5.74, 6) is -0.586. The van der Waals surface area contributed by atoms with E-state index in [0.29, 0.717) is 17.7 Å². The van der Waals surface area contributed by atoms with Crippen molar-refractivity contribution in [3.8, 4) is 0 Å². The number of nitrogens with zero attached hydrogens (tertiary/aromatic N) is 1. The number of carbonyl (C=O) groups is 2. The van der Waals surface area contributed by atoms with Gasteiger partial charge in [-0.1, -0.05) is 18.2 Å². The van der Waals surface area contributed by atoms with Gasteiger partial charge >= 0.3 is 5.97 Å². The van der Waals surface area contributed by atoms with Crippen molar-refractivity contribution in [2.24, 2.45) is 0 Å². The van der Waals surface area contributed by atoms with Crippen LogP contribution in [0.1, 0.15) is 32.3 Å². The molecule has 3 rings (SSSR count). The summed E-state index contributed by atoms with van der Waals surface area (Å²) >= 11 is 1.71. The number of amides is 1. The molecule has 27 heavy (non-hydrogen) atoms. The van der Waals surface area contributed by atoms with Crippen molar-refractivity contribution in [2.75, 3.05) is 27.7 Å². The summed E-state index contributed by atoms with van der Waals surface area (Å²) in [4.78, 5) is 26.1. The minimum atomic E-state index is -0.418. The average molecular weight is 382 g/mol. The van der Waals surface area contributed by atoms with Gasteiger partial charge in [-0.3, -0.25) is 4.79 Å². The zero-order valence-electron chi connectivity index (χ0n) is 15.6. The first-order valence-electron chi connectivity index (χ1n) is 8.60. The van der Waals surface area contributed by atoms with Gasteiger partial charge in [0, 0.05) is 16.8 Å². The summed E-state index contributed by atoms with van der Waals surface area (Å²) in [6.07, 6.45) is 0. The molecule has 0 bridgehead atoms. The Labute approximate surface area is 162 Å². The molecule has 1 atom stereocenters. The van der Waals surface area contributed by atoms with E-state index in [-0.39, 0.29) is 11.9 Å². The van der Waals surface area contributed by atoms with E-state index in [1.165, 1.54) is 22.8 Å². The van der Waals surface area contributed by atoms with Crippen molar-refractivity contribution in [1.82, 2.24) is 10.2 Å². The maximum atomic E-state index is 12.5. The van der Waals surface area contributed by atoms with Crippen LogP contribution < -0.4 is 5.32 Å². The zero-order chi connectivity index (χ0) is 19.4. The molecule has 0 spiro atoms. The molecule has 0 aliphatic carbocycles. The van der Waals surface area contributed by atoms with Crippen LogP contribution in [-0.2, 0) is 4.74 Å². The first-order valence-corrected chi connectivity index (χ1v) is 9.48. The Balaban J connectivity index is 1.73. The van der Waals surface area contributed by atoms with E-state index in [9.17, 15) is 9.59 Å². The fourth-order valence-electron chi connectivity index (χ4n) is 2.99. The molecule has 6 heteroatoms. The number of carbonyl (C=O) groups excluding carboxylic acids is 2. The Morgan fingerprint density at radius 2 is 1.74 bits per heavy atom. The van der Waals surface area contributed by atoms with Crippen molar-refractivity contribution in [3.05, 3.63) is 70.6 Å². The smallest absolute Gasteiger partial charge is 0.337 e. The van der Waals surface area contributed by atoms with Crippen LogP contribution in [-0.4, -0.2) is 44.5 Å². The Hall–Kier alpha value is -2.70. The second-order valence-electron chi connectivity index (χ2n) is 6.45. The van der Waals surface area contributed by atoms with Gasteiger partial charge in [0.1, 0.15) is 0 Å². The summed E-state index contributed by atoms with van der Waals surface area (Å²) in [6.45, 7) is 0.491. The fraction of sp³-hybridized carbons (Fsp3) is 0.238. The number of likely N-dealkylation sites (N-methyl/N-ethyl adjacent to an activating group) is 1. The first kappa shape index (κ1) is 19.1. The highest BCUT2D eigenvalue weighted by atomic mass is 32.1. The minimum absolute atomic E-state index is 0.0689. The topological polar surface area (TPSA) is 58.6 Å². The van der Waals surface area contributed by atoms with E-state index < -0.39 is 5.97 Å². The lowest BCUT2D eigenvalue weighted by Gasteiger charge is -2.24. The number of esters is 1. The molecule has 0 radical (unpaired) electrons. The van der Waals surface area contributed by atoms with Crippen LogP contribution in [0, 0.1) is 0 Å². The third-order valence-corrected chi connectivity index (χ3v) is 5.50. The number of rotatable bonds is 6. The van der Waals surface area contributed by atoms with Crippen LogP contribution in [0.15, 0.2) is 53.9 Å². The van der Waals surface area contributed by atoms with Gasteiger partial charge in [0.15, 0.2) is 0 Å². The zero-order valence-corrected chi connectivity index (χ0v) is 16.4. The highest BCUT2D eigenvalue weighted by Crippen LogP contribution is 2.32. The van der Waals surface area contributed by atoms with E-state index in [0.717, 1.165) is 0 Å². The molecular formula is C21H22N2O3S. The van der Waals surface area contributed by atoms with Gasteiger partial charge in [0.25, 0.3) is 5.91 Å². The molecule has 0 saturated heterocycles. The van der Waals surface area contributed by atoms with Gasteiger partial charge in [-0.05, 0) is 60.8 Å². The van der Waals surface area contributed by atoms with Crippen molar-refractivity contribution in [3.63, 3.8) is 0 Å². The quantitative estimate of drug-likeness (QED) is 0.660. The number of methoxy groups -OCH3 is 1. The number of nitrogens with one attached hydrogen (secondary N) is 1. The summed E-state index contributed by atoms with van der Waals surface area (Å²) in [5.41, 5.74) is 2.14. The van der Waals surface area contributed by atoms with Crippen molar-refractivity contribution < 1.29 is 14.3 Å². The van der Waals surface area contributed by atoms with Gasteiger partial charge in [-0.25, -0.2) is 4.79 Å². The summed E-state index contributed by atoms with van der Waals surface area (Å²) in [5, 5.41) is 6.38. The number of hydrogen-bond donors (Lipinski definition) is 1. The van der Waals surface area contributed by atoms with E-state index in [4.69, 9.17) is 0 Å². The lowest BCUT2D eigenvalue weighted by atomic mass is 10.0. The van der Waals surface area contributed by atoms with Gasteiger partial charge in [-0.2, -0.15) is 0 Å². The van der Waals surface area contributed by atoms with Crippen LogP contribution in [0.2, 0.25) is 0 Å². The van der Waals surface area contributed by atoms with E-state index >= 15 is 0 Å². The van der Waals surface area contributed by atoms with Gasteiger partial charge in [0.05, 0.1) is 18.7 Å². The van der Waals surface area contributed by atoms with Crippen molar-refractivity contribution in [1.29, 1.82) is 0 Å². The predicted octanol–water partition coefficient (Wildman–Crippen LogP) is 3.72. The molecule has 0 unspecified atom stereocenters. The molecule has 0 aliphatic rings. The minimum Gasteiger partial charge on any atom is -0.465 e. The fourth-order valence-corrected chi connectivity index (χ4v) is 4.00. The molecule has 5 nitrogen and oxygen atoms in total. The SMILES string of the molecule is COC(=O)c1ccc(C(=O)NC[C@@H](c2csc3ccccc23)N(C)C)cc1. The molecule has 0 fully saturated rings. The largest absolute Gasteiger partial charge is 0.465 e. The van der Waals surface area contributed by atoms with Crippen LogP contribution in [0.3, 0.4) is 0 Å². The molecule has 1 N–H and O–H groups in total. The average Bonchev–Trinajstić information content (AvgIpc) is 3.11. The molecule has 0 aliphatic heterocycles. The maximum absolute atomic E-state index is 12.5. The molecule has 1 aromatic heterocycles. The maximum Gasteiger partial charge on any atom is 0.337 e. The lowest BCUT2D eigenvalue weighted by Crippen LogP contribution is -2.34. The van der Waals surface area contributed by atoms with E-state index in [2.05, 4.69) is 32.5 Å². The highest BCUT2D eigenvalue weighted by molar-refractivity contribution is 7.17. The Kier molecular flexibility index (Phi) is 5.88. The third-order valence-electron chi connectivity index (χ3n) is 4.52. The normalized spacial score (nSPS) is 12.1. The Morgan fingerprint density at radius 1 is 1.07 bits per heavy atom. The summed E-state index contributed by atoms with van der Waals surface area (Å²) < 4.78 is 5.91. The van der Waals surface area contributed by atoms with Crippen LogP contribution in [0.25, 0.3) is 10.1 Å². The van der Waals surface area contributed by atoms with Crippen LogP contribution in [0.4, 0.5) is 0 Å².